The minimum absolute atomic E-state index is 0.0800. The number of amides is 2. The van der Waals surface area contributed by atoms with Crippen LogP contribution in [0.5, 0.6) is 0 Å². The Kier molecular flexibility index (Phi) is 8.57. The lowest BCUT2D eigenvalue weighted by molar-refractivity contribution is -0.146. The second-order valence-corrected chi connectivity index (χ2v) is 4.48. The Morgan fingerprint density at radius 1 is 1.21 bits per heavy atom. The number of rotatable bonds is 9. The van der Waals surface area contributed by atoms with Gasteiger partial charge < -0.3 is 15.3 Å². The molecule has 0 aromatic carbocycles. The van der Waals surface area contributed by atoms with Gasteiger partial charge in [-0.1, -0.05) is 6.92 Å². The summed E-state index contributed by atoms with van der Waals surface area (Å²) in [6.07, 6.45) is 1.64. The van der Waals surface area contributed by atoms with Crippen LogP contribution in [0.15, 0.2) is 0 Å². The lowest BCUT2D eigenvalue weighted by Gasteiger charge is -2.27. The van der Waals surface area contributed by atoms with E-state index >= 15 is 0 Å². The van der Waals surface area contributed by atoms with Crippen molar-refractivity contribution >= 4 is 17.8 Å². The molecule has 2 N–H and O–H groups in total. The molecule has 0 saturated carbocycles. The van der Waals surface area contributed by atoms with Gasteiger partial charge in [0.1, 0.15) is 6.54 Å². The lowest BCUT2D eigenvalue weighted by atomic mass is 10.1. The predicted molar refractivity (Wildman–Crippen MR) is 71.6 cm³/mol. The van der Waals surface area contributed by atoms with E-state index in [1.165, 1.54) is 4.90 Å². The molecule has 0 aromatic rings. The van der Waals surface area contributed by atoms with Crippen molar-refractivity contribution < 1.29 is 19.5 Å². The van der Waals surface area contributed by atoms with E-state index in [-0.39, 0.29) is 30.8 Å². The third-order valence-electron chi connectivity index (χ3n) is 2.92. The molecule has 110 valence electrons. The Balaban J connectivity index is 4.25. The van der Waals surface area contributed by atoms with Crippen LogP contribution in [-0.2, 0) is 14.4 Å². The van der Waals surface area contributed by atoms with Crippen molar-refractivity contribution in [2.75, 3.05) is 13.1 Å². The summed E-state index contributed by atoms with van der Waals surface area (Å²) in [5.41, 5.74) is 0. The maximum Gasteiger partial charge on any atom is 0.323 e. The molecule has 0 aromatic heterocycles. The molecule has 0 aliphatic rings. The van der Waals surface area contributed by atoms with E-state index in [0.29, 0.717) is 25.8 Å². The Bertz CT molecular complexity index is 318. The SMILES string of the molecule is CCNC(=O)CCCC(=O)N(CC(=O)O)C(C)CC. The highest BCUT2D eigenvalue weighted by Gasteiger charge is 2.21. The number of carboxylic acids is 1. The van der Waals surface area contributed by atoms with Crippen molar-refractivity contribution in [3.05, 3.63) is 0 Å². The maximum absolute atomic E-state index is 11.9. The zero-order valence-corrected chi connectivity index (χ0v) is 11.9. The van der Waals surface area contributed by atoms with E-state index in [1.54, 1.807) is 0 Å². The van der Waals surface area contributed by atoms with Crippen LogP contribution in [0.25, 0.3) is 0 Å². The van der Waals surface area contributed by atoms with E-state index in [9.17, 15) is 14.4 Å². The van der Waals surface area contributed by atoms with Gasteiger partial charge in [0.2, 0.25) is 11.8 Å². The summed E-state index contributed by atoms with van der Waals surface area (Å²) in [5.74, 6) is -1.30. The zero-order valence-electron chi connectivity index (χ0n) is 11.9. The van der Waals surface area contributed by atoms with Crippen molar-refractivity contribution in [1.82, 2.24) is 10.2 Å². The van der Waals surface area contributed by atoms with Gasteiger partial charge in [-0.15, -0.1) is 0 Å². The molecule has 0 radical (unpaired) electrons. The van der Waals surface area contributed by atoms with Crippen molar-refractivity contribution in [3.63, 3.8) is 0 Å². The number of nitrogens with one attached hydrogen (secondary N) is 1. The molecular formula is C13H24N2O4. The Hall–Kier alpha value is -1.59. The average Bonchev–Trinajstić information content (AvgIpc) is 2.35. The molecule has 2 amide bonds. The average molecular weight is 272 g/mol. The summed E-state index contributed by atoms with van der Waals surface area (Å²) in [7, 11) is 0. The standard InChI is InChI=1S/C13H24N2O4/c1-4-10(3)15(9-13(18)19)12(17)8-6-7-11(16)14-5-2/h10H,4-9H2,1-3H3,(H,14,16)(H,18,19). The van der Waals surface area contributed by atoms with E-state index in [4.69, 9.17) is 5.11 Å². The highest BCUT2D eigenvalue weighted by Crippen LogP contribution is 2.08. The molecule has 1 atom stereocenters. The summed E-state index contributed by atoms with van der Waals surface area (Å²) in [4.78, 5) is 35.3. The van der Waals surface area contributed by atoms with Crippen LogP contribution >= 0.6 is 0 Å². The highest BCUT2D eigenvalue weighted by atomic mass is 16.4. The Morgan fingerprint density at radius 2 is 1.84 bits per heavy atom. The van der Waals surface area contributed by atoms with Gasteiger partial charge in [-0.2, -0.15) is 0 Å². The van der Waals surface area contributed by atoms with Gasteiger partial charge >= 0.3 is 5.97 Å². The smallest absolute Gasteiger partial charge is 0.323 e. The van der Waals surface area contributed by atoms with Crippen LogP contribution < -0.4 is 5.32 Å². The summed E-state index contributed by atoms with van der Waals surface area (Å²) in [6, 6.07) is -0.104. The molecule has 19 heavy (non-hydrogen) atoms. The van der Waals surface area contributed by atoms with Gasteiger partial charge in [0, 0.05) is 25.4 Å². The third kappa shape index (κ3) is 7.43. The quantitative estimate of drug-likeness (QED) is 0.655. The van der Waals surface area contributed by atoms with Gasteiger partial charge in [-0.05, 0) is 26.7 Å². The summed E-state index contributed by atoms with van der Waals surface area (Å²) < 4.78 is 0. The summed E-state index contributed by atoms with van der Waals surface area (Å²) >= 11 is 0. The fourth-order valence-electron chi connectivity index (χ4n) is 1.69. The van der Waals surface area contributed by atoms with Gasteiger partial charge in [0.15, 0.2) is 0 Å². The third-order valence-corrected chi connectivity index (χ3v) is 2.92. The molecule has 1 unspecified atom stereocenters. The molecular weight excluding hydrogens is 248 g/mol. The number of nitrogens with zero attached hydrogens (tertiary/aromatic N) is 1. The molecule has 0 fully saturated rings. The number of hydrogen-bond donors (Lipinski definition) is 2. The van der Waals surface area contributed by atoms with Crippen LogP contribution in [0, 0.1) is 0 Å². The highest BCUT2D eigenvalue weighted by molar-refractivity contribution is 5.82. The second-order valence-electron chi connectivity index (χ2n) is 4.48. The van der Waals surface area contributed by atoms with Crippen molar-refractivity contribution in [1.29, 1.82) is 0 Å². The molecule has 0 aliphatic carbocycles. The first-order chi connectivity index (χ1) is 8.92. The summed E-state index contributed by atoms with van der Waals surface area (Å²) in [5, 5.41) is 11.5. The van der Waals surface area contributed by atoms with E-state index in [0.717, 1.165) is 0 Å². The first-order valence-corrected chi connectivity index (χ1v) is 6.70. The fraction of sp³-hybridized carbons (Fsp3) is 0.769. The molecule has 0 bridgehead atoms. The van der Waals surface area contributed by atoms with Crippen LogP contribution in [0.4, 0.5) is 0 Å². The first-order valence-electron chi connectivity index (χ1n) is 6.70. The minimum Gasteiger partial charge on any atom is -0.480 e. The molecule has 0 aliphatic heterocycles. The zero-order chi connectivity index (χ0) is 14.8. The topological polar surface area (TPSA) is 86.7 Å². The Morgan fingerprint density at radius 3 is 2.32 bits per heavy atom. The van der Waals surface area contributed by atoms with Gasteiger partial charge in [-0.3, -0.25) is 14.4 Å². The fourth-order valence-corrected chi connectivity index (χ4v) is 1.69. The molecule has 0 spiro atoms. The number of carbonyl (C=O) groups is 3. The number of carbonyl (C=O) groups excluding carboxylic acids is 2. The molecule has 0 rings (SSSR count). The summed E-state index contributed by atoms with van der Waals surface area (Å²) in [6.45, 7) is 5.85. The van der Waals surface area contributed by atoms with Crippen LogP contribution in [0.2, 0.25) is 0 Å². The predicted octanol–water partition coefficient (Wildman–Crippen LogP) is 1.00. The van der Waals surface area contributed by atoms with Crippen molar-refractivity contribution in [3.8, 4) is 0 Å². The molecule has 6 heteroatoms. The molecule has 6 nitrogen and oxygen atoms in total. The normalized spacial score (nSPS) is 11.7. The van der Waals surface area contributed by atoms with E-state index in [2.05, 4.69) is 5.32 Å². The molecule has 0 saturated heterocycles. The number of hydrogen-bond acceptors (Lipinski definition) is 3. The van der Waals surface area contributed by atoms with Crippen LogP contribution in [0.3, 0.4) is 0 Å². The van der Waals surface area contributed by atoms with E-state index < -0.39 is 5.97 Å². The number of carboxylic acid groups (broad SMARTS) is 1. The van der Waals surface area contributed by atoms with Crippen LogP contribution in [0.1, 0.15) is 46.5 Å². The monoisotopic (exact) mass is 272 g/mol. The second kappa shape index (κ2) is 9.35. The minimum atomic E-state index is -1.02. The van der Waals surface area contributed by atoms with Gasteiger partial charge in [-0.25, -0.2) is 0 Å². The van der Waals surface area contributed by atoms with Crippen molar-refractivity contribution in [2.45, 2.75) is 52.5 Å². The first kappa shape index (κ1) is 17.4. The largest absolute Gasteiger partial charge is 0.480 e. The van der Waals surface area contributed by atoms with Crippen LogP contribution in [-0.4, -0.2) is 46.9 Å². The molecule has 0 heterocycles. The lowest BCUT2D eigenvalue weighted by Crippen LogP contribution is -2.41. The van der Waals surface area contributed by atoms with Crippen molar-refractivity contribution in [2.24, 2.45) is 0 Å². The maximum atomic E-state index is 11.9. The number of aliphatic carboxylic acids is 1. The van der Waals surface area contributed by atoms with Gasteiger partial charge in [0.05, 0.1) is 0 Å². The Labute approximate surface area is 114 Å². The van der Waals surface area contributed by atoms with Gasteiger partial charge in [0.25, 0.3) is 0 Å². The van der Waals surface area contributed by atoms with E-state index in [1.807, 2.05) is 20.8 Å².